The second-order valence-corrected chi connectivity index (χ2v) is 7.82. The van der Waals surface area contributed by atoms with Crippen LogP contribution >= 0.6 is 0 Å². The summed E-state index contributed by atoms with van der Waals surface area (Å²) >= 11 is 0. The molecule has 23 heavy (non-hydrogen) atoms. The minimum atomic E-state index is -3.87. The first-order valence-electron chi connectivity index (χ1n) is 7.05. The molecule has 0 aliphatic carbocycles. The highest BCUT2D eigenvalue weighted by atomic mass is 32.2. The number of rotatable bonds is 5. The second-order valence-electron chi connectivity index (χ2n) is 5.72. The van der Waals surface area contributed by atoms with E-state index in [2.05, 4.69) is 20.1 Å². The van der Waals surface area contributed by atoms with E-state index >= 15 is 0 Å². The summed E-state index contributed by atoms with van der Waals surface area (Å²) in [5, 5.41) is 9.46. The van der Waals surface area contributed by atoms with Crippen LogP contribution in [-0.2, 0) is 29.0 Å². The predicted octanol–water partition coefficient (Wildman–Crippen LogP) is -0.287. The lowest BCUT2D eigenvalue weighted by atomic mass is 10.0. The maximum Gasteiger partial charge on any atom is 0.308 e. The zero-order chi connectivity index (χ0) is 17.3. The van der Waals surface area contributed by atoms with Crippen LogP contribution in [0.1, 0.15) is 33.6 Å². The number of hydrogen-bond acceptors (Lipinski definition) is 9. The van der Waals surface area contributed by atoms with Crippen LogP contribution in [0.5, 0.6) is 0 Å². The van der Waals surface area contributed by atoms with Gasteiger partial charge >= 0.3 is 5.97 Å². The Morgan fingerprint density at radius 3 is 2.74 bits per heavy atom. The summed E-state index contributed by atoms with van der Waals surface area (Å²) in [5.74, 6) is -1.46. The van der Waals surface area contributed by atoms with Crippen LogP contribution in [0.25, 0.3) is 0 Å². The van der Waals surface area contributed by atoms with Crippen LogP contribution in [0.3, 0.4) is 0 Å². The number of carbonyl (C=O) groups is 1. The summed E-state index contributed by atoms with van der Waals surface area (Å²) in [4.78, 5) is 11.5. The van der Waals surface area contributed by atoms with Crippen molar-refractivity contribution in [1.29, 1.82) is 0 Å². The first-order valence-corrected chi connectivity index (χ1v) is 8.56. The average Bonchev–Trinajstić information content (AvgIpc) is 2.99. The van der Waals surface area contributed by atoms with E-state index in [1.807, 2.05) is 0 Å². The van der Waals surface area contributed by atoms with Crippen molar-refractivity contribution in [3.8, 4) is 0 Å². The molecule has 3 atom stereocenters. The van der Waals surface area contributed by atoms with Gasteiger partial charge in [0, 0.05) is 6.42 Å². The summed E-state index contributed by atoms with van der Waals surface area (Å²) in [5.41, 5.74) is 0. The summed E-state index contributed by atoms with van der Waals surface area (Å²) in [7, 11) is -2.58. The van der Waals surface area contributed by atoms with E-state index in [0.29, 0.717) is 4.20 Å². The fourth-order valence-electron chi connectivity index (χ4n) is 2.45. The van der Waals surface area contributed by atoms with Crippen LogP contribution in [0.2, 0.25) is 0 Å². The van der Waals surface area contributed by atoms with Gasteiger partial charge in [0.2, 0.25) is 0 Å². The Bertz CT molecular complexity index is 645. The van der Waals surface area contributed by atoms with E-state index < -0.39 is 39.2 Å². The Morgan fingerprint density at radius 1 is 1.48 bits per heavy atom. The van der Waals surface area contributed by atoms with E-state index in [0.717, 1.165) is 6.33 Å². The van der Waals surface area contributed by atoms with Crippen molar-refractivity contribution in [3.05, 3.63) is 6.33 Å². The molecule has 0 spiro atoms. The average molecular weight is 348 g/mol. The first kappa shape index (κ1) is 17.8. The van der Waals surface area contributed by atoms with Gasteiger partial charge in [0.15, 0.2) is 12.1 Å². The molecule has 0 bridgehead atoms. The largest absolute Gasteiger partial charge is 0.469 e. The van der Waals surface area contributed by atoms with E-state index in [1.165, 1.54) is 14.0 Å². The van der Waals surface area contributed by atoms with Crippen LogP contribution < -0.4 is 0 Å². The minimum Gasteiger partial charge on any atom is -0.469 e. The molecule has 2 rings (SSSR count). The molecule has 0 radical (unpaired) electrons. The van der Waals surface area contributed by atoms with Crippen molar-refractivity contribution in [2.45, 2.75) is 56.9 Å². The number of tetrazole rings is 1. The zero-order valence-electron chi connectivity index (χ0n) is 13.4. The summed E-state index contributed by atoms with van der Waals surface area (Å²) in [6, 6.07) is 0. The smallest absolute Gasteiger partial charge is 0.308 e. The van der Waals surface area contributed by atoms with Gasteiger partial charge in [-0.2, -0.15) is 0 Å². The van der Waals surface area contributed by atoms with Crippen LogP contribution in [0.15, 0.2) is 6.33 Å². The molecule has 1 aliphatic rings. The number of esters is 1. The normalized spacial score (nSPS) is 25.7. The third kappa shape index (κ3) is 4.03. The fraction of sp³-hybridized carbons (Fsp3) is 0.833. The fourth-order valence-corrected chi connectivity index (χ4v) is 3.61. The Kier molecular flexibility index (Phi) is 5.01. The van der Waals surface area contributed by atoms with Gasteiger partial charge < -0.3 is 14.2 Å². The SMILES string of the molecule is COC(=O)CC1CC(C(C)S(=O)(=O)n2ncnn2)OC(C)(C)O1. The lowest BCUT2D eigenvalue weighted by Gasteiger charge is -2.42. The van der Waals surface area contributed by atoms with Crippen molar-refractivity contribution in [2.24, 2.45) is 0 Å². The summed E-state index contributed by atoms with van der Waals surface area (Å²) in [6.45, 7) is 4.83. The molecule has 1 fully saturated rings. The van der Waals surface area contributed by atoms with Crippen LogP contribution in [0, 0.1) is 0 Å². The van der Waals surface area contributed by atoms with Crippen molar-refractivity contribution < 1.29 is 27.4 Å². The van der Waals surface area contributed by atoms with Crippen molar-refractivity contribution in [2.75, 3.05) is 7.11 Å². The molecule has 0 saturated carbocycles. The molecule has 0 amide bonds. The number of aromatic nitrogens is 4. The molecule has 10 nitrogen and oxygen atoms in total. The number of hydrogen-bond donors (Lipinski definition) is 0. The van der Waals surface area contributed by atoms with Gasteiger partial charge in [-0.15, -0.1) is 10.2 Å². The Morgan fingerprint density at radius 2 is 2.17 bits per heavy atom. The van der Waals surface area contributed by atoms with Gasteiger partial charge in [0.1, 0.15) is 5.25 Å². The third-order valence-electron chi connectivity index (χ3n) is 3.55. The van der Waals surface area contributed by atoms with Gasteiger partial charge in [-0.05, 0) is 30.2 Å². The molecular weight excluding hydrogens is 328 g/mol. The van der Waals surface area contributed by atoms with Crippen molar-refractivity contribution in [1.82, 2.24) is 19.6 Å². The zero-order valence-corrected chi connectivity index (χ0v) is 14.2. The molecule has 130 valence electrons. The lowest BCUT2D eigenvalue weighted by molar-refractivity contribution is -0.299. The highest BCUT2D eigenvalue weighted by Gasteiger charge is 2.43. The number of nitrogens with zero attached hydrogens (tertiary/aromatic N) is 4. The van der Waals surface area contributed by atoms with Gasteiger partial charge in [-0.1, -0.05) is 0 Å². The molecule has 1 saturated heterocycles. The molecule has 1 aromatic rings. The third-order valence-corrected chi connectivity index (χ3v) is 5.42. The highest BCUT2D eigenvalue weighted by Crippen LogP contribution is 2.31. The maximum atomic E-state index is 12.5. The van der Waals surface area contributed by atoms with Crippen LogP contribution in [-0.4, -0.2) is 64.4 Å². The summed E-state index contributed by atoms with van der Waals surface area (Å²) < 4.78 is 41.5. The van der Waals surface area contributed by atoms with E-state index in [4.69, 9.17) is 9.47 Å². The van der Waals surface area contributed by atoms with E-state index in [9.17, 15) is 13.2 Å². The molecule has 0 N–H and O–H groups in total. The van der Waals surface area contributed by atoms with Gasteiger partial charge in [-0.25, -0.2) is 8.42 Å². The second kappa shape index (κ2) is 6.49. The van der Waals surface area contributed by atoms with Crippen molar-refractivity contribution in [3.63, 3.8) is 0 Å². The van der Waals surface area contributed by atoms with Crippen molar-refractivity contribution >= 4 is 16.0 Å². The van der Waals surface area contributed by atoms with E-state index in [1.54, 1.807) is 13.8 Å². The minimum absolute atomic E-state index is 0.0220. The topological polar surface area (TPSA) is 123 Å². The van der Waals surface area contributed by atoms with Gasteiger partial charge in [-0.3, -0.25) is 4.79 Å². The maximum absolute atomic E-state index is 12.5. The van der Waals surface area contributed by atoms with E-state index in [-0.39, 0.29) is 12.8 Å². The molecule has 11 heteroatoms. The molecular formula is C12H20N4O6S. The van der Waals surface area contributed by atoms with Gasteiger partial charge in [0.25, 0.3) is 10.0 Å². The molecule has 1 aliphatic heterocycles. The monoisotopic (exact) mass is 348 g/mol. The Labute approximate surface area is 134 Å². The number of ether oxygens (including phenoxy) is 3. The quantitative estimate of drug-likeness (QED) is 0.660. The van der Waals surface area contributed by atoms with Crippen LogP contribution in [0.4, 0.5) is 0 Å². The highest BCUT2D eigenvalue weighted by molar-refractivity contribution is 7.90. The number of methoxy groups -OCH3 is 1. The first-order chi connectivity index (χ1) is 10.7. The summed E-state index contributed by atoms with van der Waals surface area (Å²) in [6.07, 6.45) is 0.0999. The Balaban J connectivity index is 2.18. The standard InChI is InChI=1S/C12H20N4O6S/c1-8(23(18,19)16-14-7-13-15-16)10-5-9(6-11(17)20-4)21-12(2,3)22-10/h7-10H,5-6H2,1-4H3. The van der Waals surface area contributed by atoms with Gasteiger partial charge in [0.05, 0.1) is 25.7 Å². The molecule has 2 heterocycles. The predicted molar refractivity (Wildman–Crippen MR) is 76.7 cm³/mol. The molecule has 0 aromatic carbocycles. The lowest BCUT2D eigenvalue weighted by Crippen LogP contribution is -2.51. The molecule has 1 aromatic heterocycles. The Hall–Kier alpha value is -1.59. The molecule has 3 unspecified atom stereocenters. The number of carbonyl (C=O) groups excluding carboxylic acids is 1.